The lowest BCUT2D eigenvalue weighted by atomic mass is 10.0. The summed E-state index contributed by atoms with van der Waals surface area (Å²) in [5, 5.41) is 1.21. The van der Waals surface area contributed by atoms with E-state index in [0.29, 0.717) is 13.0 Å². The van der Waals surface area contributed by atoms with Crippen LogP contribution < -0.4 is 0 Å². The first kappa shape index (κ1) is 18.9. The molecule has 4 nitrogen and oxygen atoms in total. The summed E-state index contributed by atoms with van der Waals surface area (Å²) in [5.74, 6) is 0.174. The summed E-state index contributed by atoms with van der Waals surface area (Å²) in [6, 6.07) is 24.4. The van der Waals surface area contributed by atoms with Crippen LogP contribution in [0.5, 0.6) is 0 Å². The number of nitrogens with zero attached hydrogens (tertiary/aromatic N) is 2. The highest BCUT2D eigenvalue weighted by Gasteiger charge is 2.15. The Morgan fingerprint density at radius 2 is 1.72 bits per heavy atom. The molecular formula is C25H25N3O. The van der Waals surface area contributed by atoms with Crippen molar-refractivity contribution in [1.29, 1.82) is 0 Å². The van der Waals surface area contributed by atoms with Gasteiger partial charge in [-0.25, -0.2) is 0 Å². The Hall–Kier alpha value is -3.40. The molecule has 0 fully saturated rings. The molecule has 2 aromatic heterocycles. The van der Waals surface area contributed by atoms with Crippen LogP contribution in [0.15, 0.2) is 79.0 Å². The summed E-state index contributed by atoms with van der Waals surface area (Å²) in [6.07, 6.45) is 3.98. The van der Waals surface area contributed by atoms with E-state index in [0.717, 1.165) is 35.3 Å². The lowest BCUT2D eigenvalue weighted by molar-refractivity contribution is -0.130. The van der Waals surface area contributed by atoms with E-state index < -0.39 is 0 Å². The first-order valence-electron chi connectivity index (χ1n) is 10.0. The SMILES string of the molecule is CN(Cc1ccccc1)C(=O)CCCc1c(-c2ccccn2)[nH]c2ccccc12. The number of nitrogens with one attached hydrogen (secondary N) is 1. The van der Waals surface area contributed by atoms with Crippen LogP contribution >= 0.6 is 0 Å². The minimum Gasteiger partial charge on any atom is -0.353 e. The van der Waals surface area contributed by atoms with Crippen LogP contribution in [0, 0.1) is 0 Å². The van der Waals surface area contributed by atoms with Gasteiger partial charge in [-0.2, -0.15) is 0 Å². The van der Waals surface area contributed by atoms with E-state index >= 15 is 0 Å². The van der Waals surface area contributed by atoms with E-state index in [1.54, 1.807) is 0 Å². The second kappa shape index (κ2) is 8.74. The molecule has 0 unspecified atom stereocenters. The molecule has 0 atom stereocenters. The van der Waals surface area contributed by atoms with Gasteiger partial charge in [-0.05, 0) is 42.2 Å². The minimum atomic E-state index is 0.174. The van der Waals surface area contributed by atoms with E-state index in [1.807, 2.05) is 60.6 Å². The normalized spacial score (nSPS) is 10.9. The fourth-order valence-electron chi connectivity index (χ4n) is 3.74. The van der Waals surface area contributed by atoms with E-state index in [-0.39, 0.29) is 5.91 Å². The maximum atomic E-state index is 12.6. The van der Waals surface area contributed by atoms with Gasteiger partial charge >= 0.3 is 0 Å². The number of rotatable bonds is 7. The number of carbonyl (C=O) groups is 1. The quantitative estimate of drug-likeness (QED) is 0.476. The molecule has 0 saturated heterocycles. The van der Waals surface area contributed by atoms with E-state index in [4.69, 9.17) is 0 Å². The topological polar surface area (TPSA) is 49.0 Å². The summed E-state index contributed by atoms with van der Waals surface area (Å²) >= 11 is 0. The van der Waals surface area contributed by atoms with Gasteiger partial charge in [0.05, 0.1) is 11.4 Å². The number of hydrogen-bond donors (Lipinski definition) is 1. The molecule has 146 valence electrons. The Morgan fingerprint density at radius 3 is 2.52 bits per heavy atom. The van der Waals surface area contributed by atoms with Gasteiger partial charge in [0.2, 0.25) is 5.91 Å². The van der Waals surface area contributed by atoms with Crippen LogP contribution in [0.3, 0.4) is 0 Å². The zero-order valence-corrected chi connectivity index (χ0v) is 16.6. The molecule has 1 N–H and O–H groups in total. The van der Waals surface area contributed by atoms with Crippen molar-refractivity contribution >= 4 is 16.8 Å². The summed E-state index contributed by atoms with van der Waals surface area (Å²) in [7, 11) is 1.88. The zero-order chi connectivity index (χ0) is 20.1. The lowest BCUT2D eigenvalue weighted by Gasteiger charge is -2.17. The molecule has 0 aliphatic heterocycles. The highest BCUT2D eigenvalue weighted by atomic mass is 16.2. The van der Waals surface area contributed by atoms with Crippen LogP contribution in [0.25, 0.3) is 22.3 Å². The maximum absolute atomic E-state index is 12.6. The second-order valence-electron chi connectivity index (χ2n) is 7.33. The summed E-state index contributed by atoms with van der Waals surface area (Å²) in [6.45, 7) is 0.645. The molecule has 1 amide bonds. The molecule has 2 heterocycles. The molecule has 0 spiro atoms. The molecule has 29 heavy (non-hydrogen) atoms. The number of aryl methyl sites for hydroxylation is 1. The molecule has 0 aliphatic carbocycles. The number of fused-ring (bicyclic) bond motifs is 1. The highest BCUT2D eigenvalue weighted by molar-refractivity contribution is 5.90. The third-order valence-electron chi connectivity index (χ3n) is 5.24. The van der Waals surface area contributed by atoms with Crippen molar-refractivity contribution in [1.82, 2.24) is 14.9 Å². The van der Waals surface area contributed by atoms with Crippen LogP contribution in [0.2, 0.25) is 0 Å². The molecule has 4 rings (SSSR count). The lowest BCUT2D eigenvalue weighted by Crippen LogP contribution is -2.25. The largest absolute Gasteiger partial charge is 0.353 e. The van der Waals surface area contributed by atoms with Crippen molar-refractivity contribution in [2.45, 2.75) is 25.8 Å². The van der Waals surface area contributed by atoms with Gasteiger partial charge in [0, 0.05) is 37.1 Å². The number of aromatic nitrogens is 2. The Bertz CT molecular complexity index is 1090. The molecule has 0 saturated carbocycles. The Balaban J connectivity index is 1.46. The van der Waals surface area contributed by atoms with Gasteiger partial charge in [0.1, 0.15) is 0 Å². The molecule has 4 heteroatoms. The van der Waals surface area contributed by atoms with E-state index in [9.17, 15) is 4.79 Å². The molecule has 0 radical (unpaired) electrons. The predicted molar refractivity (Wildman–Crippen MR) is 117 cm³/mol. The number of benzene rings is 2. The van der Waals surface area contributed by atoms with Gasteiger partial charge in [0.15, 0.2) is 0 Å². The first-order valence-corrected chi connectivity index (χ1v) is 10.0. The number of para-hydroxylation sites is 1. The van der Waals surface area contributed by atoms with Crippen molar-refractivity contribution in [3.05, 3.63) is 90.1 Å². The van der Waals surface area contributed by atoms with Gasteiger partial charge in [-0.3, -0.25) is 9.78 Å². The maximum Gasteiger partial charge on any atom is 0.222 e. The molecule has 2 aromatic carbocycles. The molecule has 0 aliphatic rings. The fraction of sp³-hybridized carbons (Fsp3) is 0.200. The average Bonchev–Trinajstić information content (AvgIpc) is 3.14. The van der Waals surface area contributed by atoms with Crippen molar-refractivity contribution in [2.75, 3.05) is 7.05 Å². The fourth-order valence-corrected chi connectivity index (χ4v) is 3.74. The molecular weight excluding hydrogens is 358 g/mol. The van der Waals surface area contributed by atoms with Crippen molar-refractivity contribution < 1.29 is 4.79 Å². The number of H-pyrrole nitrogens is 1. The summed E-state index contributed by atoms with van der Waals surface area (Å²) in [5.41, 5.74) is 5.48. The smallest absolute Gasteiger partial charge is 0.222 e. The van der Waals surface area contributed by atoms with Crippen LogP contribution in [0.1, 0.15) is 24.0 Å². The molecule has 0 bridgehead atoms. The second-order valence-corrected chi connectivity index (χ2v) is 7.33. The minimum absolute atomic E-state index is 0.174. The summed E-state index contributed by atoms with van der Waals surface area (Å²) < 4.78 is 0. The van der Waals surface area contributed by atoms with Crippen molar-refractivity contribution in [3.8, 4) is 11.4 Å². The van der Waals surface area contributed by atoms with Crippen LogP contribution in [-0.4, -0.2) is 27.8 Å². The summed E-state index contributed by atoms with van der Waals surface area (Å²) in [4.78, 5) is 22.4. The predicted octanol–water partition coefficient (Wildman–Crippen LogP) is 5.21. The third-order valence-corrected chi connectivity index (χ3v) is 5.24. The van der Waals surface area contributed by atoms with Crippen LogP contribution in [-0.2, 0) is 17.8 Å². The van der Waals surface area contributed by atoms with Crippen molar-refractivity contribution in [3.63, 3.8) is 0 Å². The van der Waals surface area contributed by atoms with Gasteiger partial charge < -0.3 is 9.88 Å². The van der Waals surface area contributed by atoms with Gasteiger partial charge in [0.25, 0.3) is 0 Å². The third kappa shape index (κ3) is 4.37. The number of carbonyl (C=O) groups excluding carboxylic acids is 1. The van der Waals surface area contributed by atoms with Gasteiger partial charge in [-0.15, -0.1) is 0 Å². The Labute approximate surface area is 171 Å². The van der Waals surface area contributed by atoms with E-state index in [1.165, 1.54) is 10.9 Å². The van der Waals surface area contributed by atoms with E-state index in [2.05, 4.69) is 40.3 Å². The number of amides is 1. The van der Waals surface area contributed by atoms with Crippen LogP contribution in [0.4, 0.5) is 0 Å². The zero-order valence-electron chi connectivity index (χ0n) is 16.6. The Morgan fingerprint density at radius 1 is 0.966 bits per heavy atom. The van der Waals surface area contributed by atoms with Crippen molar-refractivity contribution in [2.24, 2.45) is 0 Å². The number of pyridine rings is 1. The number of aromatic amines is 1. The standard InChI is InChI=1S/C25H25N3O/c1-28(18-19-10-3-2-4-11-19)24(29)16-9-13-21-20-12-5-6-14-22(20)27-25(21)23-15-7-8-17-26-23/h2-8,10-12,14-15,17,27H,9,13,16,18H2,1H3. The highest BCUT2D eigenvalue weighted by Crippen LogP contribution is 2.30. The Kier molecular flexibility index (Phi) is 5.71. The average molecular weight is 383 g/mol. The monoisotopic (exact) mass is 383 g/mol. The first-order chi connectivity index (χ1) is 14.2. The van der Waals surface area contributed by atoms with Gasteiger partial charge in [-0.1, -0.05) is 54.6 Å². The molecule has 4 aromatic rings. The number of hydrogen-bond acceptors (Lipinski definition) is 2.